The third kappa shape index (κ3) is 2.88. The summed E-state index contributed by atoms with van der Waals surface area (Å²) in [5.74, 6) is 0.805. The van der Waals surface area contributed by atoms with Crippen molar-refractivity contribution in [2.24, 2.45) is 0 Å². The van der Waals surface area contributed by atoms with Crippen LogP contribution in [-0.2, 0) is 0 Å². The molecular formula is C12H19IN4. The molecule has 0 radical (unpaired) electrons. The first-order chi connectivity index (χ1) is 8.09. The second-order valence-electron chi connectivity index (χ2n) is 4.79. The van der Waals surface area contributed by atoms with Crippen molar-refractivity contribution in [3.8, 4) is 0 Å². The van der Waals surface area contributed by atoms with Gasteiger partial charge in [-0.2, -0.15) is 0 Å². The van der Waals surface area contributed by atoms with E-state index in [0.717, 1.165) is 5.95 Å². The van der Waals surface area contributed by atoms with Crippen molar-refractivity contribution in [1.29, 1.82) is 0 Å². The van der Waals surface area contributed by atoms with E-state index in [9.17, 15) is 0 Å². The third-order valence-corrected chi connectivity index (χ3v) is 4.08. The number of piperidine rings is 1. The Morgan fingerprint density at radius 3 is 2.82 bits per heavy atom. The van der Waals surface area contributed by atoms with E-state index in [4.69, 9.17) is 4.98 Å². The van der Waals surface area contributed by atoms with Crippen molar-refractivity contribution in [2.75, 3.05) is 32.6 Å². The highest BCUT2D eigenvalue weighted by Crippen LogP contribution is 2.31. The molecule has 0 aromatic carbocycles. The molecule has 94 valence electrons. The summed E-state index contributed by atoms with van der Waals surface area (Å²) in [6.45, 7) is 1.17. The second kappa shape index (κ2) is 5.48. The Balaban J connectivity index is 2.32. The lowest BCUT2D eigenvalue weighted by atomic mass is 10.00. The fourth-order valence-electron chi connectivity index (χ4n) is 2.24. The third-order valence-electron chi connectivity index (χ3n) is 3.24. The van der Waals surface area contributed by atoms with E-state index in [1.165, 1.54) is 35.1 Å². The Morgan fingerprint density at radius 1 is 1.41 bits per heavy atom. The molecule has 5 heteroatoms. The standard InChI is InChI=1S/C12H19IN4/c1-16(2)12-14-8-9(13)11(15-12)10-6-4-5-7-17(10)3/h8,10H,4-7H2,1-3H3/t10-/m0/s1. The summed E-state index contributed by atoms with van der Waals surface area (Å²) in [5.41, 5.74) is 1.19. The van der Waals surface area contributed by atoms with Crippen LogP contribution in [-0.4, -0.2) is 42.6 Å². The summed E-state index contributed by atoms with van der Waals surface area (Å²) in [7, 11) is 6.16. The Morgan fingerprint density at radius 2 is 2.18 bits per heavy atom. The average molecular weight is 346 g/mol. The normalized spacial score (nSPS) is 21.5. The van der Waals surface area contributed by atoms with Crippen LogP contribution in [0.2, 0.25) is 0 Å². The number of hydrogen-bond donors (Lipinski definition) is 0. The highest BCUT2D eigenvalue weighted by molar-refractivity contribution is 14.1. The largest absolute Gasteiger partial charge is 0.347 e. The van der Waals surface area contributed by atoms with E-state index in [2.05, 4.69) is 39.5 Å². The van der Waals surface area contributed by atoms with Gasteiger partial charge in [0.2, 0.25) is 5.95 Å². The average Bonchev–Trinajstić information content (AvgIpc) is 2.30. The zero-order valence-corrected chi connectivity index (χ0v) is 12.8. The first-order valence-corrected chi connectivity index (χ1v) is 7.07. The van der Waals surface area contributed by atoms with Crippen molar-refractivity contribution in [3.63, 3.8) is 0 Å². The molecule has 0 aliphatic carbocycles. The maximum atomic E-state index is 4.71. The minimum atomic E-state index is 0.456. The Hall–Kier alpha value is -0.430. The molecule has 1 atom stereocenters. The molecule has 0 unspecified atom stereocenters. The molecule has 1 saturated heterocycles. The Kier molecular flexibility index (Phi) is 4.19. The summed E-state index contributed by atoms with van der Waals surface area (Å²) in [6, 6.07) is 0.456. The van der Waals surface area contributed by atoms with Crippen LogP contribution in [0.15, 0.2) is 6.20 Å². The van der Waals surface area contributed by atoms with E-state index < -0.39 is 0 Å². The molecule has 2 rings (SSSR count). The van der Waals surface area contributed by atoms with Gasteiger partial charge in [-0.05, 0) is 49.0 Å². The van der Waals surface area contributed by atoms with Crippen molar-refractivity contribution >= 4 is 28.5 Å². The van der Waals surface area contributed by atoms with E-state index in [-0.39, 0.29) is 0 Å². The van der Waals surface area contributed by atoms with Crippen LogP contribution >= 0.6 is 22.6 Å². The number of halogens is 1. The van der Waals surface area contributed by atoms with Crippen LogP contribution in [0, 0.1) is 3.57 Å². The van der Waals surface area contributed by atoms with Gasteiger partial charge < -0.3 is 4.90 Å². The molecule has 1 aliphatic rings. The predicted molar refractivity (Wildman–Crippen MR) is 78.3 cm³/mol. The van der Waals surface area contributed by atoms with Crippen LogP contribution in [0.5, 0.6) is 0 Å². The molecule has 4 nitrogen and oxygen atoms in total. The highest BCUT2D eigenvalue weighted by Gasteiger charge is 2.24. The van der Waals surface area contributed by atoms with Crippen LogP contribution in [0.1, 0.15) is 31.0 Å². The highest BCUT2D eigenvalue weighted by atomic mass is 127. The number of anilines is 1. The molecular weight excluding hydrogens is 327 g/mol. The van der Waals surface area contributed by atoms with Gasteiger partial charge in [-0.25, -0.2) is 9.97 Å². The summed E-state index contributed by atoms with van der Waals surface area (Å²) < 4.78 is 1.17. The van der Waals surface area contributed by atoms with Crippen molar-refractivity contribution in [1.82, 2.24) is 14.9 Å². The van der Waals surface area contributed by atoms with Gasteiger partial charge >= 0.3 is 0 Å². The van der Waals surface area contributed by atoms with Gasteiger partial charge in [0.25, 0.3) is 0 Å². The molecule has 0 bridgehead atoms. The molecule has 0 amide bonds. The van der Waals surface area contributed by atoms with Gasteiger partial charge in [-0.1, -0.05) is 6.42 Å². The fourth-order valence-corrected chi connectivity index (χ4v) is 2.86. The topological polar surface area (TPSA) is 32.3 Å². The number of aromatic nitrogens is 2. The molecule has 1 fully saturated rings. The minimum absolute atomic E-state index is 0.456. The second-order valence-corrected chi connectivity index (χ2v) is 5.95. The number of hydrogen-bond acceptors (Lipinski definition) is 4. The zero-order chi connectivity index (χ0) is 12.4. The van der Waals surface area contributed by atoms with Crippen LogP contribution in [0.3, 0.4) is 0 Å². The van der Waals surface area contributed by atoms with Crippen LogP contribution in [0.25, 0.3) is 0 Å². The maximum absolute atomic E-state index is 4.71. The van der Waals surface area contributed by atoms with Crippen molar-refractivity contribution < 1.29 is 0 Å². The quantitative estimate of drug-likeness (QED) is 0.770. The van der Waals surface area contributed by atoms with Gasteiger partial charge in [0, 0.05) is 20.3 Å². The molecule has 0 saturated carbocycles. The molecule has 1 aromatic rings. The van der Waals surface area contributed by atoms with Gasteiger partial charge in [0.05, 0.1) is 15.3 Å². The van der Waals surface area contributed by atoms with E-state index in [1.807, 2.05) is 25.2 Å². The molecule has 1 aliphatic heterocycles. The predicted octanol–water partition coefficient (Wildman–Crippen LogP) is 2.30. The molecule has 1 aromatic heterocycles. The van der Waals surface area contributed by atoms with E-state index in [0.29, 0.717) is 6.04 Å². The molecule has 0 N–H and O–H groups in total. The molecule has 2 heterocycles. The first kappa shape index (κ1) is 13.0. The van der Waals surface area contributed by atoms with Gasteiger partial charge in [-0.15, -0.1) is 0 Å². The van der Waals surface area contributed by atoms with E-state index >= 15 is 0 Å². The van der Waals surface area contributed by atoms with Crippen LogP contribution in [0.4, 0.5) is 5.95 Å². The lowest BCUT2D eigenvalue weighted by molar-refractivity contribution is 0.183. The molecule has 0 spiro atoms. The number of likely N-dealkylation sites (tertiary alicyclic amines) is 1. The number of nitrogens with zero attached hydrogens (tertiary/aromatic N) is 4. The Bertz CT molecular complexity index is 394. The first-order valence-electron chi connectivity index (χ1n) is 5.99. The van der Waals surface area contributed by atoms with Crippen molar-refractivity contribution in [2.45, 2.75) is 25.3 Å². The summed E-state index contributed by atoms with van der Waals surface area (Å²) in [4.78, 5) is 13.4. The van der Waals surface area contributed by atoms with Crippen LogP contribution < -0.4 is 4.90 Å². The number of rotatable bonds is 2. The zero-order valence-electron chi connectivity index (χ0n) is 10.6. The SMILES string of the molecule is CN(C)c1ncc(I)c([C@@H]2CCCCN2C)n1. The monoisotopic (exact) mass is 346 g/mol. The summed E-state index contributed by atoms with van der Waals surface area (Å²) in [6.07, 6.45) is 5.73. The maximum Gasteiger partial charge on any atom is 0.225 e. The van der Waals surface area contributed by atoms with Gasteiger partial charge in [0.1, 0.15) is 0 Å². The van der Waals surface area contributed by atoms with Crippen molar-refractivity contribution in [3.05, 3.63) is 15.5 Å². The summed E-state index contributed by atoms with van der Waals surface area (Å²) >= 11 is 2.34. The van der Waals surface area contributed by atoms with Gasteiger partial charge in [-0.3, -0.25) is 4.90 Å². The lowest BCUT2D eigenvalue weighted by Gasteiger charge is -2.32. The summed E-state index contributed by atoms with van der Waals surface area (Å²) in [5, 5.41) is 0. The van der Waals surface area contributed by atoms with Gasteiger partial charge in [0.15, 0.2) is 0 Å². The fraction of sp³-hybridized carbons (Fsp3) is 0.667. The van der Waals surface area contributed by atoms with E-state index in [1.54, 1.807) is 0 Å². The smallest absolute Gasteiger partial charge is 0.225 e. The Labute approximate surface area is 117 Å². The minimum Gasteiger partial charge on any atom is -0.347 e. The molecule has 17 heavy (non-hydrogen) atoms. The lowest BCUT2D eigenvalue weighted by Crippen LogP contribution is -2.31.